The average Bonchev–Trinajstić information content (AvgIpc) is 2.66. The Balaban J connectivity index is 2.54. The third-order valence-corrected chi connectivity index (χ3v) is 3.28. The Bertz CT molecular complexity index is 367. The van der Waals surface area contributed by atoms with Gasteiger partial charge in [0.2, 0.25) is 0 Å². The van der Waals surface area contributed by atoms with E-state index in [4.69, 9.17) is 9.47 Å². The summed E-state index contributed by atoms with van der Waals surface area (Å²) in [4.78, 5) is 0. The average molecular weight is 220 g/mol. The van der Waals surface area contributed by atoms with E-state index in [0.29, 0.717) is 13.2 Å². The van der Waals surface area contributed by atoms with Gasteiger partial charge in [0.05, 0.1) is 13.2 Å². The Kier molecular flexibility index (Phi) is 3.04. The standard InChI is InChI=1S/C14H20O2/c1-5-14(15-6-7-16-14)13-11(3)8-10(2)9-12(13)4/h8-9H,5-7H2,1-4H3. The van der Waals surface area contributed by atoms with Crippen LogP contribution < -0.4 is 0 Å². The summed E-state index contributed by atoms with van der Waals surface area (Å²) in [6.45, 7) is 9.90. The molecule has 2 heteroatoms. The summed E-state index contributed by atoms with van der Waals surface area (Å²) < 4.78 is 11.7. The zero-order valence-electron chi connectivity index (χ0n) is 10.6. The highest BCUT2D eigenvalue weighted by molar-refractivity contribution is 5.40. The first-order valence-electron chi connectivity index (χ1n) is 5.95. The van der Waals surface area contributed by atoms with Crippen LogP contribution in [-0.4, -0.2) is 13.2 Å². The Morgan fingerprint density at radius 3 is 2.00 bits per heavy atom. The minimum atomic E-state index is -0.498. The fraction of sp³-hybridized carbons (Fsp3) is 0.571. The molecule has 2 rings (SSSR count). The van der Waals surface area contributed by atoms with E-state index >= 15 is 0 Å². The summed E-state index contributed by atoms with van der Waals surface area (Å²) in [6, 6.07) is 4.40. The molecule has 0 spiro atoms. The van der Waals surface area contributed by atoms with E-state index in [-0.39, 0.29) is 0 Å². The van der Waals surface area contributed by atoms with Gasteiger partial charge in [-0.1, -0.05) is 24.6 Å². The van der Waals surface area contributed by atoms with Gasteiger partial charge in [0, 0.05) is 12.0 Å². The van der Waals surface area contributed by atoms with Crippen LogP contribution in [0.15, 0.2) is 12.1 Å². The van der Waals surface area contributed by atoms with Crippen molar-refractivity contribution in [1.82, 2.24) is 0 Å². The molecule has 0 unspecified atom stereocenters. The Morgan fingerprint density at radius 1 is 1.06 bits per heavy atom. The maximum Gasteiger partial charge on any atom is 0.195 e. The highest BCUT2D eigenvalue weighted by atomic mass is 16.7. The molecule has 0 aromatic heterocycles. The third kappa shape index (κ3) is 1.76. The second kappa shape index (κ2) is 4.19. The van der Waals surface area contributed by atoms with E-state index in [9.17, 15) is 0 Å². The summed E-state index contributed by atoms with van der Waals surface area (Å²) in [5, 5.41) is 0. The Morgan fingerprint density at radius 2 is 1.56 bits per heavy atom. The van der Waals surface area contributed by atoms with Crippen LogP contribution in [0.3, 0.4) is 0 Å². The topological polar surface area (TPSA) is 18.5 Å². The smallest absolute Gasteiger partial charge is 0.195 e. The summed E-state index contributed by atoms with van der Waals surface area (Å²) in [6.07, 6.45) is 0.859. The molecule has 0 saturated carbocycles. The molecule has 1 fully saturated rings. The zero-order chi connectivity index (χ0) is 11.8. The number of benzene rings is 1. The van der Waals surface area contributed by atoms with Gasteiger partial charge in [-0.3, -0.25) is 0 Å². The van der Waals surface area contributed by atoms with Crippen molar-refractivity contribution in [3.63, 3.8) is 0 Å². The summed E-state index contributed by atoms with van der Waals surface area (Å²) >= 11 is 0. The number of hydrogen-bond acceptors (Lipinski definition) is 2. The molecular weight excluding hydrogens is 200 g/mol. The van der Waals surface area contributed by atoms with Crippen LogP contribution in [0.5, 0.6) is 0 Å². The monoisotopic (exact) mass is 220 g/mol. The van der Waals surface area contributed by atoms with E-state index in [1.807, 2.05) is 0 Å². The van der Waals surface area contributed by atoms with Gasteiger partial charge in [0.15, 0.2) is 5.79 Å². The molecule has 0 radical (unpaired) electrons. The fourth-order valence-corrected chi connectivity index (χ4v) is 2.76. The van der Waals surface area contributed by atoms with Gasteiger partial charge in [-0.2, -0.15) is 0 Å². The lowest BCUT2D eigenvalue weighted by Gasteiger charge is -2.30. The van der Waals surface area contributed by atoms with Crippen molar-refractivity contribution in [3.8, 4) is 0 Å². The van der Waals surface area contributed by atoms with Crippen LogP contribution in [0.2, 0.25) is 0 Å². The third-order valence-electron chi connectivity index (χ3n) is 3.28. The van der Waals surface area contributed by atoms with E-state index in [0.717, 1.165) is 6.42 Å². The SMILES string of the molecule is CCC1(c2c(C)cc(C)cc2C)OCCO1. The van der Waals surface area contributed by atoms with Gasteiger partial charge in [0.1, 0.15) is 0 Å². The summed E-state index contributed by atoms with van der Waals surface area (Å²) in [5.74, 6) is -0.498. The maximum absolute atomic E-state index is 5.86. The van der Waals surface area contributed by atoms with Crippen LogP contribution in [0, 0.1) is 20.8 Å². The summed E-state index contributed by atoms with van der Waals surface area (Å²) in [5.41, 5.74) is 5.05. The van der Waals surface area contributed by atoms with E-state index in [1.165, 1.54) is 22.3 Å². The lowest BCUT2D eigenvalue weighted by Crippen LogP contribution is -2.28. The molecule has 0 aliphatic carbocycles. The lowest BCUT2D eigenvalue weighted by atomic mass is 9.92. The Labute approximate surface area is 97.6 Å². The van der Waals surface area contributed by atoms with Crippen molar-refractivity contribution in [2.75, 3.05) is 13.2 Å². The quantitative estimate of drug-likeness (QED) is 0.762. The number of hydrogen-bond donors (Lipinski definition) is 0. The van der Waals surface area contributed by atoms with E-state index in [2.05, 4.69) is 39.8 Å². The van der Waals surface area contributed by atoms with E-state index < -0.39 is 5.79 Å². The van der Waals surface area contributed by atoms with Gasteiger partial charge >= 0.3 is 0 Å². The van der Waals surface area contributed by atoms with Crippen molar-refractivity contribution >= 4 is 0 Å². The fourth-order valence-electron chi connectivity index (χ4n) is 2.76. The molecule has 1 saturated heterocycles. The highest BCUT2D eigenvalue weighted by Crippen LogP contribution is 2.38. The predicted molar refractivity (Wildman–Crippen MR) is 64.5 cm³/mol. The van der Waals surface area contributed by atoms with Crippen LogP contribution >= 0.6 is 0 Å². The van der Waals surface area contributed by atoms with Crippen molar-refractivity contribution in [2.24, 2.45) is 0 Å². The number of rotatable bonds is 2. The molecule has 0 N–H and O–H groups in total. The summed E-state index contributed by atoms with van der Waals surface area (Å²) in [7, 11) is 0. The molecule has 1 aliphatic heterocycles. The molecule has 0 bridgehead atoms. The maximum atomic E-state index is 5.86. The second-order valence-corrected chi connectivity index (χ2v) is 4.58. The molecule has 0 amide bonds. The molecule has 88 valence electrons. The normalized spacial score (nSPS) is 19.0. The zero-order valence-corrected chi connectivity index (χ0v) is 10.6. The Hall–Kier alpha value is -0.860. The van der Waals surface area contributed by atoms with Gasteiger partial charge < -0.3 is 9.47 Å². The lowest BCUT2D eigenvalue weighted by molar-refractivity contribution is -0.168. The molecular formula is C14H20O2. The van der Waals surface area contributed by atoms with Crippen molar-refractivity contribution in [3.05, 3.63) is 34.4 Å². The van der Waals surface area contributed by atoms with Crippen LogP contribution in [0.25, 0.3) is 0 Å². The molecule has 1 aliphatic rings. The van der Waals surface area contributed by atoms with Gasteiger partial charge in [0.25, 0.3) is 0 Å². The molecule has 1 aromatic rings. The minimum absolute atomic E-state index is 0.498. The number of ether oxygens (including phenoxy) is 2. The van der Waals surface area contributed by atoms with Crippen LogP contribution in [-0.2, 0) is 15.3 Å². The molecule has 16 heavy (non-hydrogen) atoms. The largest absolute Gasteiger partial charge is 0.343 e. The van der Waals surface area contributed by atoms with Crippen molar-refractivity contribution < 1.29 is 9.47 Å². The first-order valence-corrected chi connectivity index (χ1v) is 5.95. The molecule has 2 nitrogen and oxygen atoms in total. The van der Waals surface area contributed by atoms with Crippen molar-refractivity contribution in [1.29, 1.82) is 0 Å². The number of aryl methyl sites for hydroxylation is 3. The first kappa shape index (κ1) is 11.6. The minimum Gasteiger partial charge on any atom is -0.343 e. The van der Waals surface area contributed by atoms with Gasteiger partial charge in [-0.15, -0.1) is 0 Å². The molecule has 0 atom stereocenters. The van der Waals surface area contributed by atoms with E-state index in [1.54, 1.807) is 0 Å². The first-order chi connectivity index (χ1) is 7.59. The van der Waals surface area contributed by atoms with Crippen LogP contribution in [0.4, 0.5) is 0 Å². The molecule has 1 aromatic carbocycles. The van der Waals surface area contributed by atoms with Gasteiger partial charge in [-0.25, -0.2) is 0 Å². The van der Waals surface area contributed by atoms with Crippen molar-refractivity contribution in [2.45, 2.75) is 39.9 Å². The second-order valence-electron chi connectivity index (χ2n) is 4.58. The molecule has 1 heterocycles. The van der Waals surface area contributed by atoms with Crippen LogP contribution in [0.1, 0.15) is 35.6 Å². The predicted octanol–water partition coefficient (Wildman–Crippen LogP) is 3.22. The van der Waals surface area contributed by atoms with Gasteiger partial charge in [-0.05, 0) is 31.9 Å². The highest BCUT2D eigenvalue weighted by Gasteiger charge is 2.38.